The fraction of sp³-hybridized carbons (Fsp3) is 0.591. The Balaban J connectivity index is 2.28. The van der Waals surface area contributed by atoms with Crippen LogP contribution in [0.1, 0.15) is 69.3 Å². The van der Waals surface area contributed by atoms with Gasteiger partial charge in [-0.25, -0.2) is 4.79 Å². The van der Waals surface area contributed by atoms with E-state index in [0.717, 1.165) is 12.0 Å². The molecule has 0 radical (unpaired) electrons. The number of carbonyl (C=O) groups excluding carboxylic acids is 2. The van der Waals surface area contributed by atoms with E-state index in [0.29, 0.717) is 56.2 Å². The third-order valence-electron chi connectivity index (χ3n) is 4.95. The Labute approximate surface area is 177 Å². The average Bonchev–Trinajstić information content (AvgIpc) is 3.39. The van der Waals surface area contributed by atoms with Crippen LogP contribution in [-0.4, -0.2) is 53.1 Å². The van der Waals surface area contributed by atoms with Gasteiger partial charge in [-0.05, 0) is 57.7 Å². The number of rotatable bonds is 12. The van der Waals surface area contributed by atoms with E-state index in [9.17, 15) is 14.4 Å². The van der Waals surface area contributed by atoms with E-state index in [1.807, 2.05) is 20.8 Å². The number of carboxylic acids is 1. The van der Waals surface area contributed by atoms with Crippen molar-refractivity contribution in [2.24, 2.45) is 0 Å². The van der Waals surface area contributed by atoms with E-state index in [-0.39, 0.29) is 18.2 Å². The van der Waals surface area contributed by atoms with Crippen molar-refractivity contribution in [2.45, 2.75) is 65.5 Å². The van der Waals surface area contributed by atoms with Crippen LogP contribution in [0.25, 0.3) is 0 Å². The molecule has 0 bridgehead atoms. The summed E-state index contributed by atoms with van der Waals surface area (Å²) < 4.78 is 11.4. The predicted molar refractivity (Wildman–Crippen MR) is 112 cm³/mol. The van der Waals surface area contributed by atoms with E-state index in [2.05, 4.69) is 5.32 Å². The highest BCUT2D eigenvalue weighted by Crippen LogP contribution is 2.39. The second-order valence-corrected chi connectivity index (χ2v) is 7.59. The van der Waals surface area contributed by atoms with Gasteiger partial charge in [-0.15, -0.1) is 0 Å². The van der Waals surface area contributed by atoms with Crippen LogP contribution in [-0.2, 0) is 11.3 Å². The molecule has 1 aliphatic rings. The first-order valence-corrected chi connectivity index (χ1v) is 10.5. The summed E-state index contributed by atoms with van der Waals surface area (Å²) in [5, 5.41) is 12.0. The van der Waals surface area contributed by atoms with Crippen LogP contribution >= 0.6 is 0 Å². The molecule has 1 fully saturated rings. The van der Waals surface area contributed by atoms with E-state index < -0.39 is 11.5 Å². The lowest BCUT2D eigenvalue weighted by Crippen LogP contribution is -2.47. The number of hydrogen-bond acceptors (Lipinski definition) is 5. The molecule has 8 heteroatoms. The van der Waals surface area contributed by atoms with Crippen molar-refractivity contribution < 1.29 is 29.0 Å². The summed E-state index contributed by atoms with van der Waals surface area (Å²) >= 11 is 0. The van der Waals surface area contributed by atoms with Gasteiger partial charge in [0.15, 0.2) is 5.78 Å². The van der Waals surface area contributed by atoms with Gasteiger partial charge in [0.2, 0.25) is 0 Å². The van der Waals surface area contributed by atoms with Crippen LogP contribution in [0.2, 0.25) is 0 Å². The molecule has 1 aromatic carbocycles. The largest absolute Gasteiger partial charge is 0.493 e. The molecular weight excluding hydrogens is 388 g/mol. The number of carbonyl (C=O) groups is 3. The normalized spacial score (nSPS) is 14.0. The Bertz CT molecular complexity index is 761. The monoisotopic (exact) mass is 420 g/mol. The summed E-state index contributed by atoms with van der Waals surface area (Å²) in [5.41, 5.74) is 0.534. The van der Waals surface area contributed by atoms with Gasteiger partial charge in [0.05, 0.1) is 25.2 Å². The minimum absolute atomic E-state index is 0.0744. The quantitative estimate of drug-likeness (QED) is 0.501. The maximum absolute atomic E-state index is 12.9. The molecule has 1 aromatic rings. The van der Waals surface area contributed by atoms with Crippen molar-refractivity contribution >= 4 is 17.8 Å². The van der Waals surface area contributed by atoms with E-state index in [4.69, 9.17) is 14.6 Å². The highest BCUT2D eigenvalue weighted by atomic mass is 16.5. The lowest BCUT2D eigenvalue weighted by molar-refractivity contribution is -0.137. The second-order valence-electron chi connectivity index (χ2n) is 7.59. The molecule has 8 nitrogen and oxygen atoms in total. The summed E-state index contributed by atoms with van der Waals surface area (Å²) in [4.78, 5) is 37.8. The average molecular weight is 421 g/mol. The smallest absolute Gasteiger partial charge is 0.318 e. The van der Waals surface area contributed by atoms with Crippen molar-refractivity contribution in [3.05, 3.63) is 23.3 Å². The van der Waals surface area contributed by atoms with Gasteiger partial charge in [0.25, 0.3) is 0 Å². The fourth-order valence-corrected chi connectivity index (χ4v) is 3.46. The molecule has 1 saturated carbocycles. The van der Waals surface area contributed by atoms with E-state index in [1.165, 1.54) is 6.92 Å². The summed E-state index contributed by atoms with van der Waals surface area (Å²) in [6.07, 6.45) is 2.01. The summed E-state index contributed by atoms with van der Waals surface area (Å²) in [5.74, 6) is -0.196. The first kappa shape index (κ1) is 23.5. The number of hydrogen-bond donors (Lipinski definition) is 2. The highest BCUT2D eigenvalue weighted by molar-refractivity contribution is 5.99. The summed E-state index contributed by atoms with van der Waals surface area (Å²) in [6.45, 7) is 8.71. The molecule has 30 heavy (non-hydrogen) atoms. The first-order valence-electron chi connectivity index (χ1n) is 10.5. The van der Waals surface area contributed by atoms with Crippen molar-refractivity contribution in [3.8, 4) is 11.5 Å². The molecule has 2 rings (SSSR count). The number of ketones is 1. The molecule has 0 atom stereocenters. The van der Waals surface area contributed by atoms with Gasteiger partial charge < -0.3 is 24.8 Å². The van der Waals surface area contributed by atoms with Crippen molar-refractivity contribution in [1.82, 2.24) is 10.2 Å². The van der Waals surface area contributed by atoms with Gasteiger partial charge in [-0.2, -0.15) is 0 Å². The molecule has 166 valence electrons. The van der Waals surface area contributed by atoms with Crippen LogP contribution in [0.3, 0.4) is 0 Å². The van der Waals surface area contributed by atoms with Gasteiger partial charge in [-0.1, -0.05) is 6.92 Å². The van der Waals surface area contributed by atoms with Crippen LogP contribution in [0.15, 0.2) is 12.1 Å². The fourth-order valence-electron chi connectivity index (χ4n) is 3.46. The first-order chi connectivity index (χ1) is 14.2. The maximum atomic E-state index is 12.9. The highest BCUT2D eigenvalue weighted by Gasteiger charge is 2.46. The third-order valence-corrected chi connectivity index (χ3v) is 4.95. The Morgan fingerprint density at radius 3 is 2.07 bits per heavy atom. The molecule has 0 saturated heterocycles. The van der Waals surface area contributed by atoms with Crippen LogP contribution in [0.5, 0.6) is 11.5 Å². The lowest BCUT2D eigenvalue weighted by atomic mass is 10.0. The molecule has 1 aliphatic carbocycles. The number of benzene rings is 1. The standard InChI is InChI=1S/C22H32N2O6/c1-5-10-24(21(28)23-22(8-9-22)13-19(26)27)14-16-11-17(29-6-2)20(15(4)25)18(12-16)30-7-3/h11-12H,5-10,13-14H2,1-4H3,(H,23,28)(H,26,27). The van der Waals surface area contributed by atoms with Crippen LogP contribution in [0, 0.1) is 0 Å². The number of aliphatic carboxylic acids is 1. The number of nitrogens with zero attached hydrogens (tertiary/aromatic N) is 1. The number of nitrogens with one attached hydrogen (secondary N) is 1. The third kappa shape index (κ3) is 6.11. The summed E-state index contributed by atoms with van der Waals surface area (Å²) in [6, 6.07) is 3.24. The van der Waals surface area contributed by atoms with Gasteiger partial charge >= 0.3 is 12.0 Å². The molecule has 0 spiro atoms. The SMILES string of the molecule is CCCN(Cc1cc(OCC)c(C(C)=O)c(OCC)c1)C(=O)NC1(CC(=O)O)CC1. The van der Waals surface area contributed by atoms with Crippen LogP contribution < -0.4 is 14.8 Å². The number of ether oxygens (including phenoxy) is 2. The minimum Gasteiger partial charge on any atom is -0.493 e. The molecule has 0 unspecified atom stereocenters. The van der Waals surface area contributed by atoms with E-state index in [1.54, 1.807) is 17.0 Å². The van der Waals surface area contributed by atoms with Crippen LogP contribution in [0.4, 0.5) is 4.79 Å². The Morgan fingerprint density at radius 2 is 1.67 bits per heavy atom. The molecule has 2 amide bonds. The minimum atomic E-state index is -0.919. The molecule has 2 N–H and O–H groups in total. The number of Topliss-reactive ketones (excluding diaryl/α,β-unsaturated/α-hetero) is 1. The molecule has 0 heterocycles. The van der Waals surface area contributed by atoms with Gasteiger partial charge in [0, 0.05) is 13.1 Å². The Kier molecular flexibility index (Phi) is 8.08. The number of amides is 2. The zero-order valence-corrected chi connectivity index (χ0v) is 18.2. The summed E-state index contributed by atoms with van der Waals surface area (Å²) in [7, 11) is 0. The zero-order chi connectivity index (χ0) is 22.3. The van der Waals surface area contributed by atoms with Gasteiger partial charge in [0.1, 0.15) is 17.1 Å². The second kappa shape index (κ2) is 10.3. The van der Waals surface area contributed by atoms with Crippen molar-refractivity contribution in [1.29, 1.82) is 0 Å². The Morgan fingerprint density at radius 1 is 1.10 bits per heavy atom. The number of carboxylic acid groups (broad SMARTS) is 1. The van der Waals surface area contributed by atoms with Crippen molar-refractivity contribution in [3.63, 3.8) is 0 Å². The molecule has 0 aromatic heterocycles. The maximum Gasteiger partial charge on any atom is 0.318 e. The predicted octanol–water partition coefficient (Wildman–Crippen LogP) is 3.62. The van der Waals surface area contributed by atoms with E-state index >= 15 is 0 Å². The van der Waals surface area contributed by atoms with Crippen molar-refractivity contribution in [2.75, 3.05) is 19.8 Å². The topological polar surface area (TPSA) is 105 Å². The van der Waals surface area contributed by atoms with Gasteiger partial charge in [-0.3, -0.25) is 9.59 Å². The number of urea groups is 1. The lowest BCUT2D eigenvalue weighted by Gasteiger charge is -2.26. The molecule has 0 aliphatic heterocycles. The Hall–Kier alpha value is -2.77. The molecular formula is C22H32N2O6. The zero-order valence-electron chi connectivity index (χ0n) is 18.2.